The molecule has 1 saturated carbocycles. The molecule has 1 heterocycles. The third kappa shape index (κ3) is 3.32. The van der Waals surface area contributed by atoms with E-state index in [-0.39, 0.29) is 11.8 Å². The topological polar surface area (TPSA) is 55.1 Å². The van der Waals surface area contributed by atoms with Crippen molar-refractivity contribution >= 4 is 5.91 Å². The van der Waals surface area contributed by atoms with Gasteiger partial charge in [-0.15, -0.1) is 0 Å². The van der Waals surface area contributed by atoms with Gasteiger partial charge in [0.05, 0.1) is 6.54 Å². The van der Waals surface area contributed by atoms with Gasteiger partial charge >= 0.3 is 0 Å². The third-order valence-corrected chi connectivity index (χ3v) is 4.06. The minimum absolute atomic E-state index is 0.146. The molecule has 110 valence electrons. The van der Waals surface area contributed by atoms with Gasteiger partial charge in [0.2, 0.25) is 5.91 Å². The average Bonchev–Trinajstić information content (AvgIpc) is 3.17. The lowest BCUT2D eigenvalue weighted by Gasteiger charge is -2.08. The summed E-state index contributed by atoms with van der Waals surface area (Å²) in [6.07, 6.45) is 4.36. The number of amides is 1. The van der Waals surface area contributed by atoms with Gasteiger partial charge in [0, 0.05) is 17.5 Å². The summed E-state index contributed by atoms with van der Waals surface area (Å²) in [5, 5.41) is 6.98. The van der Waals surface area contributed by atoms with Gasteiger partial charge < -0.3 is 9.84 Å². The number of hydrogen-bond acceptors (Lipinski definition) is 3. The van der Waals surface area contributed by atoms with E-state index in [0.29, 0.717) is 6.54 Å². The van der Waals surface area contributed by atoms with E-state index < -0.39 is 0 Å². The van der Waals surface area contributed by atoms with Gasteiger partial charge in [0.15, 0.2) is 5.76 Å². The highest BCUT2D eigenvalue weighted by molar-refractivity contribution is 5.78. The largest absolute Gasteiger partial charge is 0.356 e. The number of benzene rings is 1. The number of aromatic nitrogens is 1. The summed E-state index contributed by atoms with van der Waals surface area (Å²) in [6, 6.07) is 9.99. The predicted molar refractivity (Wildman–Crippen MR) is 80.5 cm³/mol. The Balaban J connectivity index is 1.60. The molecule has 0 spiro atoms. The summed E-state index contributed by atoms with van der Waals surface area (Å²) in [6.45, 7) is 2.48. The normalized spacial score (nSPS) is 15.3. The van der Waals surface area contributed by atoms with Crippen LogP contribution in [-0.2, 0) is 11.3 Å². The summed E-state index contributed by atoms with van der Waals surface area (Å²) in [5.41, 5.74) is 2.97. The Labute approximate surface area is 124 Å². The Kier molecular flexibility index (Phi) is 4.04. The molecule has 3 rings (SSSR count). The molecule has 1 fully saturated rings. The van der Waals surface area contributed by atoms with Crippen LogP contribution in [0.5, 0.6) is 0 Å². The van der Waals surface area contributed by atoms with Gasteiger partial charge in [0.1, 0.15) is 5.69 Å². The maximum atomic E-state index is 12.0. The second-order valence-corrected chi connectivity index (χ2v) is 5.75. The molecule has 2 aromatic rings. The summed E-state index contributed by atoms with van der Waals surface area (Å²) < 4.78 is 5.35. The van der Waals surface area contributed by atoms with Crippen LogP contribution in [-0.4, -0.2) is 11.1 Å². The molecule has 1 aromatic carbocycles. The van der Waals surface area contributed by atoms with Crippen LogP contribution in [0.2, 0.25) is 0 Å². The molecule has 0 radical (unpaired) electrons. The zero-order valence-corrected chi connectivity index (χ0v) is 12.3. The highest BCUT2D eigenvalue weighted by Gasteiger charge is 2.22. The predicted octanol–water partition coefficient (Wildman–Crippen LogP) is 3.46. The number of nitrogens with zero attached hydrogens (tertiary/aromatic N) is 1. The first-order valence-electron chi connectivity index (χ1n) is 7.53. The van der Waals surface area contributed by atoms with Gasteiger partial charge in [0.25, 0.3) is 0 Å². The van der Waals surface area contributed by atoms with Crippen LogP contribution in [0, 0.1) is 12.8 Å². The highest BCUT2D eigenvalue weighted by atomic mass is 16.5. The molecule has 4 nitrogen and oxygen atoms in total. The standard InChI is InChI=1S/C17H20N2O2/c1-12-6-8-13(9-7-12)16-10-15(19-21-16)11-18-17(20)14-4-2-3-5-14/h6-10,14H,2-5,11H2,1H3,(H,18,20). The van der Waals surface area contributed by atoms with E-state index >= 15 is 0 Å². The van der Waals surface area contributed by atoms with Crippen molar-refractivity contribution in [1.29, 1.82) is 0 Å². The maximum absolute atomic E-state index is 12.0. The molecule has 0 atom stereocenters. The fourth-order valence-corrected chi connectivity index (χ4v) is 2.76. The Hall–Kier alpha value is -2.10. The first kappa shape index (κ1) is 13.9. The second kappa shape index (κ2) is 6.12. The zero-order valence-electron chi connectivity index (χ0n) is 12.3. The van der Waals surface area contributed by atoms with Crippen molar-refractivity contribution in [3.05, 3.63) is 41.6 Å². The lowest BCUT2D eigenvalue weighted by atomic mass is 10.1. The summed E-state index contributed by atoms with van der Waals surface area (Å²) in [7, 11) is 0. The summed E-state index contributed by atoms with van der Waals surface area (Å²) in [5.74, 6) is 1.07. The zero-order chi connectivity index (χ0) is 14.7. The third-order valence-electron chi connectivity index (χ3n) is 4.06. The van der Waals surface area contributed by atoms with Crippen molar-refractivity contribution in [2.45, 2.75) is 39.2 Å². The molecule has 1 N–H and O–H groups in total. The van der Waals surface area contributed by atoms with Gasteiger partial charge in [-0.2, -0.15) is 0 Å². The number of carbonyl (C=O) groups is 1. The van der Waals surface area contributed by atoms with E-state index in [4.69, 9.17) is 4.52 Å². The summed E-state index contributed by atoms with van der Waals surface area (Å²) in [4.78, 5) is 12.0. The van der Waals surface area contributed by atoms with Gasteiger partial charge in [-0.1, -0.05) is 47.8 Å². The van der Waals surface area contributed by atoms with E-state index in [9.17, 15) is 4.79 Å². The second-order valence-electron chi connectivity index (χ2n) is 5.75. The number of carbonyl (C=O) groups excluding carboxylic acids is 1. The molecular formula is C17H20N2O2. The number of hydrogen-bond donors (Lipinski definition) is 1. The van der Waals surface area contributed by atoms with E-state index in [2.05, 4.69) is 10.5 Å². The Bertz CT molecular complexity index is 610. The monoisotopic (exact) mass is 284 g/mol. The van der Waals surface area contributed by atoms with Crippen LogP contribution >= 0.6 is 0 Å². The summed E-state index contributed by atoms with van der Waals surface area (Å²) >= 11 is 0. The number of rotatable bonds is 4. The van der Waals surface area contributed by atoms with Crippen molar-refractivity contribution in [1.82, 2.24) is 10.5 Å². The fraction of sp³-hybridized carbons (Fsp3) is 0.412. The van der Waals surface area contributed by atoms with Gasteiger partial charge in [-0.3, -0.25) is 4.79 Å². The van der Waals surface area contributed by atoms with Crippen molar-refractivity contribution in [2.24, 2.45) is 5.92 Å². The molecule has 1 aliphatic carbocycles. The smallest absolute Gasteiger partial charge is 0.223 e. The van der Waals surface area contributed by atoms with Crippen molar-refractivity contribution in [2.75, 3.05) is 0 Å². The van der Waals surface area contributed by atoms with Crippen LogP contribution in [0.25, 0.3) is 11.3 Å². The molecule has 1 aliphatic rings. The van der Waals surface area contributed by atoms with Gasteiger partial charge in [-0.25, -0.2) is 0 Å². The quantitative estimate of drug-likeness (QED) is 0.935. The molecule has 21 heavy (non-hydrogen) atoms. The van der Waals surface area contributed by atoms with E-state index in [1.165, 1.54) is 18.4 Å². The van der Waals surface area contributed by atoms with Crippen LogP contribution < -0.4 is 5.32 Å². The van der Waals surface area contributed by atoms with E-state index in [1.54, 1.807) is 0 Å². The van der Waals surface area contributed by atoms with Crippen molar-refractivity contribution in [3.63, 3.8) is 0 Å². The number of aryl methyl sites for hydroxylation is 1. The maximum Gasteiger partial charge on any atom is 0.223 e. The van der Waals surface area contributed by atoms with Crippen molar-refractivity contribution in [3.8, 4) is 11.3 Å². The van der Waals surface area contributed by atoms with E-state index in [1.807, 2.05) is 37.3 Å². The highest BCUT2D eigenvalue weighted by Crippen LogP contribution is 2.25. The van der Waals surface area contributed by atoms with Crippen LogP contribution in [0.3, 0.4) is 0 Å². The Morgan fingerprint density at radius 1 is 1.29 bits per heavy atom. The molecule has 1 amide bonds. The average molecular weight is 284 g/mol. The lowest BCUT2D eigenvalue weighted by Crippen LogP contribution is -2.28. The number of nitrogens with one attached hydrogen (secondary N) is 1. The first-order chi connectivity index (χ1) is 10.2. The molecule has 0 unspecified atom stereocenters. The molecule has 0 bridgehead atoms. The first-order valence-corrected chi connectivity index (χ1v) is 7.53. The van der Waals surface area contributed by atoms with Crippen LogP contribution in [0.4, 0.5) is 0 Å². The Morgan fingerprint density at radius 3 is 2.71 bits per heavy atom. The minimum atomic E-state index is 0.146. The van der Waals surface area contributed by atoms with E-state index in [0.717, 1.165) is 29.9 Å². The SMILES string of the molecule is Cc1ccc(-c2cc(CNC(=O)C3CCCC3)no2)cc1. The van der Waals surface area contributed by atoms with Crippen LogP contribution in [0.15, 0.2) is 34.9 Å². The Morgan fingerprint density at radius 2 is 2.00 bits per heavy atom. The minimum Gasteiger partial charge on any atom is -0.356 e. The van der Waals surface area contributed by atoms with Crippen molar-refractivity contribution < 1.29 is 9.32 Å². The fourth-order valence-electron chi connectivity index (χ4n) is 2.76. The molecule has 0 aliphatic heterocycles. The molecular weight excluding hydrogens is 264 g/mol. The van der Waals surface area contributed by atoms with Crippen LogP contribution in [0.1, 0.15) is 36.9 Å². The molecule has 0 saturated heterocycles. The lowest BCUT2D eigenvalue weighted by molar-refractivity contribution is -0.125. The van der Waals surface area contributed by atoms with Gasteiger partial charge in [-0.05, 0) is 19.8 Å². The molecule has 4 heteroatoms. The molecule has 1 aromatic heterocycles.